The quantitative estimate of drug-likeness (QED) is 0.533. The molecule has 1 aromatic carbocycles. The maximum atomic E-state index is 12.5. The molecule has 0 spiro atoms. The van der Waals surface area contributed by atoms with E-state index in [1.165, 1.54) is 4.90 Å². The number of hydrogen-bond donors (Lipinski definition) is 0. The zero-order valence-electron chi connectivity index (χ0n) is 14.2. The summed E-state index contributed by atoms with van der Waals surface area (Å²) in [5, 5.41) is -0.0340. The minimum Gasteiger partial charge on any atom is -0.493 e. The molecule has 1 aromatic rings. The first-order valence-electron chi connectivity index (χ1n) is 7.93. The van der Waals surface area contributed by atoms with Gasteiger partial charge in [0.1, 0.15) is 10.8 Å². The molecule has 6 heteroatoms. The summed E-state index contributed by atoms with van der Waals surface area (Å²) in [7, 11) is 1.58. The molecule has 2 rings (SSSR count). The number of methoxy groups -OCH3 is 1. The van der Waals surface area contributed by atoms with Crippen LogP contribution in [0.3, 0.4) is 0 Å². The lowest BCUT2D eigenvalue weighted by Gasteiger charge is -2.14. The minimum absolute atomic E-state index is 0.0340. The zero-order valence-corrected chi connectivity index (χ0v) is 14.9. The van der Waals surface area contributed by atoms with E-state index in [1.807, 2.05) is 0 Å². The molecule has 0 N–H and O–H groups in total. The van der Waals surface area contributed by atoms with Gasteiger partial charge in [0, 0.05) is 20.3 Å². The SMILES string of the molecule is COCCCN1C(=O)C(Cl)=C(c2ccc(OCC(C)C)cc2)C1=O. The van der Waals surface area contributed by atoms with Gasteiger partial charge in [0.2, 0.25) is 0 Å². The summed E-state index contributed by atoms with van der Waals surface area (Å²) in [6.07, 6.45) is 0.577. The van der Waals surface area contributed by atoms with Gasteiger partial charge in [0.05, 0.1) is 12.2 Å². The van der Waals surface area contributed by atoms with Crippen LogP contribution in [0.4, 0.5) is 0 Å². The van der Waals surface area contributed by atoms with Crippen LogP contribution in [0.15, 0.2) is 29.3 Å². The van der Waals surface area contributed by atoms with Crippen LogP contribution in [-0.4, -0.2) is 43.6 Å². The predicted octanol–water partition coefficient (Wildman–Crippen LogP) is 3.08. The summed E-state index contributed by atoms with van der Waals surface area (Å²) in [4.78, 5) is 25.9. The highest BCUT2D eigenvalue weighted by atomic mass is 35.5. The number of imide groups is 1. The van der Waals surface area contributed by atoms with Crippen LogP contribution < -0.4 is 4.74 Å². The van der Waals surface area contributed by atoms with Crippen molar-refractivity contribution in [3.8, 4) is 5.75 Å². The van der Waals surface area contributed by atoms with Crippen molar-refractivity contribution in [2.24, 2.45) is 5.92 Å². The van der Waals surface area contributed by atoms with Crippen LogP contribution in [0.5, 0.6) is 5.75 Å². The Hall–Kier alpha value is -1.85. The second-order valence-corrected chi connectivity index (χ2v) is 6.40. The Morgan fingerprint density at radius 3 is 2.38 bits per heavy atom. The molecule has 5 nitrogen and oxygen atoms in total. The molecular weight excluding hydrogens is 330 g/mol. The van der Waals surface area contributed by atoms with Gasteiger partial charge in [0.25, 0.3) is 11.8 Å². The number of ether oxygens (including phenoxy) is 2. The Balaban J connectivity index is 2.12. The second kappa shape index (κ2) is 8.31. The number of nitrogens with zero attached hydrogens (tertiary/aromatic N) is 1. The first-order chi connectivity index (χ1) is 11.5. The number of carbonyl (C=O) groups is 2. The van der Waals surface area contributed by atoms with Crippen molar-refractivity contribution in [1.82, 2.24) is 4.90 Å². The predicted molar refractivity (Wildman–Crippen MR) is 92.8 cm³/mol. The van der Waals surface area contributed by atoms with E-state index < -0.39 is 5.91 Å². The summed E-state index contributed by atoms with van der Waals surface area (Å²) >= 11 is 6.11. The van der Waals surface area contributed by atoms with Gasteiger partial charge in [-0.15, -0.1) is 0 Å². The lowest BCUT2D eigenvalue weighted by Crippen LogP contribution is -2.32. The average Bonchev–Trinajstić information content (AvgIpc) is 2.77. The third kappa shape index (κ3) is 4.16. The van der Waals surface area contributed by atoms with Gasteiger partial charge in [-0.25, -0.2) is 0 Å². The molecule has 1 aliphatic heterocycles. The average molecular weight is 352 g/mol. The number of hydrogen-bond acceptors (Lipinski definition) is 4. The van der Waals surface area contributed by atoms with E-state index in [9.17, 15) is 9.59 Å². The van der Waals surface area contributed by atoms with Crippen molar-refractivity contribution in [1.29, 1.82) is 0 Å². The van der Waals surface area contributed by atoms with Crippen LogP contribution >= 0.6 is 11.6 Å². The van der Waals surface area contributed by atoms with Crippen molar-refractivity contribution in [2.75, 3.05) is 26.9 Å². The van der Waals surface area contributed by atoms with E-state index in [0.29, 0.717) is 37.7 Å². The van der Waals surface area contributed by atoms with Gasteiger partial charge < -0.3 is 9.47 Å². The van der Waals surface area contributed by atoms with Crippen molar-refractivity contribution in [2.45, 2.75) is 20.3 Å². The van der Waals surface area contributed by atoms with E-state index in [1.54, 1.807) is 31.4 Å². The van der Waals surface area contributed by atoms with Gasteiger partial charge in [-0.2, -0.15) is 0 Å². The second-order valence-electron chi connectivity index (χ2n) is 6.03. The Morgan fingerprint density at radius 2 is 1.79 bits per heavy atom. The van der Waals surface area contributed by atoms with Crippen LogP contribution in [-0.2, 0) is 14.3 Å². The molecule has 0 saturated carbocycles. The number of halogens is 1. The molecule has 0 bridgehead atoms. The fraction of sp³-hybridized carbons (Fsp3) is 0.444. The summed E-state index contributed by atoms with van der Waals surface area (Å²) in [5.41, 5.74) is 0.860. The van der Waals surface area contributed by atoms with Gasteiger partial charge in [-0.05, 0) is 30.0 Å². The van der Waals surface area contributed by atoms with Gasteiger partial charge in [-0.1, -0.05) is 37.6 Å². The maximum Gasteiger partial charge on any atom is 0.273 e. The molecule has 0 atom stereocenters. The fourth-order valence-electron chi connectivity index (χ4n) is 2.35. The van der Waals surface area contributed by atoms with Crippen LogP contribution in [0, 0.1) is 5.92 Å². The molecule has 0 unspecified atom stereocenters. The topological polar surface area (TPSA) is 55.8 Å². The zero-order chi connectivity index (χ0) is 17.7. The van der Waals surface area contributed by atoms with E-state index in [0.717, 1.165) is 5.75 Å². The molecule has 130 valence electrons. The van der Waals surface area contributed by atoms with E-state index in [2.05, 4.69) is 13.8 Å². The van der Waals surface area contributed by atoms with Crippen LogP contribution in [0.2, 0.25) is 0 Å². The third-order valence-corrected chi connectivity index (χ3v) is 3.92. The number of amides is 2. The van der Waals surface area contributed by atoms with Gasteiger partial charge >= 0.3 is 0 Å². The Kier molecular flexibility index (Phi) is 6.40. The Labute approximate surface area is 147 Å². The van der Waals surface area contributed by atoms with E-state index >= 15 is 0 Å². The van der Waals surface area contributed by atoms with Gasteiger partial charge in [-0.3, -0.25) is 14.5 Å². The summed E-state index contributed by atoms with van der Waals surface area (Å²) in [5.74, 6) is 0.333. The lowest BCUT2D eigenvalue weighted by molar-refractivity contribution is -0.136. The first-order valence-corrected chi connectivity index (χ1v) is 8.31. The highest BCUT2D eigenvalue weighted by Crippen LogP contribution is 2.32. The number of benzene rings is 1. The largest absolute Gasteiger partial charge is 0.493 e. The molecule has 0 radical (unpaired) electrons. The lowest BCUT2D eigenvalue weighted by atomic mass is 10.1. The van der Waals surface area contributed by atoms with Gasteiger partial charge in [0.15, 0.2) is 0 Å². The van der Waals surface area contributed by atoms with E-state index in [-0.39, 0.29) is 16.5 Å². The molecular formula is C18H22ClNO4. The molecule has 2 amide bonds. The Bertz CT molecular complexity index is 637. The van der Waals surface area contributed by atoms with Crippen molar-refractivity contribution in [3.63, 3.8) is 0 Å². The van der Waals surface area contributed by atoms with Crippen molar-refractivity contribution < 1.29 is 19.1 Å². The molecule has 0 aliphatic carbocycles. The smallest absolute Gasteiger partial charge is 0.273 e. The summed E-state index contributed by atoms with van der Waals surface area (Å²) < 4.78 is 10.6. The minimum atomic E-state index is -0.451. The molecule has 24 heavy (non-hydrogen) atoms. The third-order valence-electron chi connectivity index (χ3n) is 3.57. The molecule has 0 aromatic heterocycles. The Morgan fingerprint density at radius 1 is 1.12 bits per heavy atom. The highest BCUT2D eigenvalue weighted by molar-refractivity contribution is 6.55. The summed E-state index contributed by atoms with van der Waals surface area (Å²) in [6, 6.07) is 7.05. The molecule has 1 aliphatic rings. The number of carbonyl (C=O) groups excluding carboxylic acids is 2. The monoisotopic (exact) mass is 351 g/mol. The molecule has 1 heterocycles. The maximum absolute atomic E-state index is 12.5. The summed E-state index contributed by atoms with van der Waals surface area (Å²) in [6.45, 7) is 5.53. The van der Waals surface area contributed by atoms with Crippen LogP contribution in [0.25, 0.3) is 5.57 Å². The number of rotatable bonds is 8. The first kappa shape index (κ1) is 18.5. The van der Waals surface area contributed by atoms with Crippen LogP contribution in [0.1, 0.15) is 25.8 Å². The van der Waals surface area contributed by atoms with E-state index in [4.69, 9.17) is 21.1 Å². The van der Waals surface area contributed by atoms with Crippen molar-refractivity contribution >= 4 is 29.0 Å². The normalized spacial score (nSPS) is 15.0. The molecule has 0 fully saturated rings. The fourth-order valence-corrected chi connectivity index (χ4v) is 2.64. The molecule has 0 saturated heterocycles. The standard InChI is InChI=1S/C18H22ClNO4/c1-12(2)11-24-14-7-5-13(6-8-14)15-16(19)18(22)20(17(15)21)9-4-10-23-3/h5-8,12H,4,9-11H2,1-3H3. The van der Waals surface area contributed by atoms with Crippen molar-refractivity contribution in [3.05, 3.63) is 34.9 Å². The highest BCUT2D eigenvalue weighted by Gasteiger charge is 2.37.